The Hall–Kier alpha value is -2.90. The number of nitrogens with two attached hydrogens (primary N) is 1. The first-order valence-corrected chi connectivity index (χ1v) is 6.63. The predicted molar refractivity (Wildman–Crippen MR) is 74.1 cm³/mol. The number of benzene rings is 1. The van der Waals surface area contributed by atoms with E-state index in [1.807, 2.05) is 0 Å². The first kappa shape index (κ1) is 14.1. The molecule has 1 aromatic carbocycles. The molecule has 2 heterocycles. The normalized spacial score (nSPS) is 21.0. The lowest BCUT2D eigenvalue weighted by Crippen LogP contribution is -2.54. The summed E-state index contributed by atoms with van der Waals surface area (Å²) in [7, 11) is 1.40. The number of piperidine rings is 1. The molecule has 0 aromatic heterocycles. The molecule has 1 unspecified atom stereocenters. The van der Waals surface area contributed by atoms with Crippen LogP contribution in [0.1, 0.15) is 33.6 Å². The summed E-state index contributed by atoms with van der Waals surface area (Å²) in [5.74, 6) is -2.03. The first-order valence-electron chi connectivity index (χ1n) is 6.63. The van der Waals surface area contributed by atoms with Gasteiger partial charge in [0.25, 0.3) is 11.8 Å². The van der Waals surface area contributed by atoms with Crippen molar-refractivity contribution < 1.29 is 23.9 Å². The van der Waals surface area contributed by atoms with Gasteiger partial charge in [-0.2, -0.15) is 0 Å². The average Bonchev–Trinajstić information content (AvgIpc) is 2.73. The maximum atomic E-state index is 12.5. The van der Waals surface area contributed by atoms with Gasteiger partial charge in [0.15, 0.2) is 0 Å². The molecule has 1 fully saturated rings. The fourth-order valence-corrected chi connectivity index (χ4v) is 2.74. The van der Waals surface area contributed by atoms with Crippen LogP contribution < -0.4 is 15.8 Å². The van der Waals surface area contributed by atoms with Crippen LogP contribution in [0.4, 0.5) is 5.69 Å². The van der Waals surface area contributed by atoms with E-state index in [1.165, 1.54) is 19.2 Å². The molecule has 8 heteroatoms. The molecule has 0 aliphatic carbocycles. The van der Waals surface area contributed by atoms with E-state index >= 15 is 0 Å². The molecule has 3 N–H and O–H groups in total. The van der Waals surface area contributed by atoms with Gasteiger partial charge in [0.2, 0.25) is 11.8 Å². The Kier molecular flexibility index (Phi) is 3.09. The van der Waals surface area contributed by atoms with Gasteiger partial charge >= 0.3 is 0 Å². The summed E-state index contributed by atoms with van der Waals surface area (Å²) >= 11 is 0. The summed E-state index contributed by atoms with van der Waals surface area (Å²) in [4.78, 5) is 48.9. The molecular weight excluding hydrogens is 290 g/mol. The minimum Gasteiger partial charge on any atom is -0.495 e. The molecule has 4 amide bonds. The van der Waals surface area contributed by atoms with Gasteiger partial charge in [0.1, 0.15) is 11.8 Å². The minimum absolute atomic E-state index is 0.0362. The molecule has 1 aromatic rings. The quantitative estimate of drug-likeness (QED) is 0.571. The van der Waals surface area contributed by atoms with Crippen LogP contribution >= 0.6 is 0 Å². The molecule has 1 atom stereocenters. The summed E-state index contributed by atoms with van der Waals surface area (Å²) in [6, 6.07) is 1.93. The van der Waals surface area contributed by atoms with Crippen molar-refractivity contribution in [1.82, 2.24) is 10.2 Å². The zero-order valence-corrected chi connectivity index (χ0v) is 11.7. The number of imide groups is 2. The number of carbonyl (C=O) groups is 4. The van der Waals surface area contributed by atoms with Gasteiger partial charge in [-0.25, -0.2) is 0 Å². The van der Waals surface area contributed by atoms with E-state index < -0.39 is 29.7 Å². The largest absolute Gasteiger partial charge is 0.495 e. The molecule has 114 valence electrons. The summed E-state index contributed by atoms with van der Waals surface area (Å²) in [5, 5.41) is 2.13. The third-order valence-electron chi connectivity index (χ3n) is 3.83. The van der Waals surface area contributed by atoms with Gasteiger partial charge < -0.3 is 10.5 Å². The van der Waals surface area contributed by atoms with Crippen molar-refractivity contribution in [2.24, 2.45) is 0 Å². The van der Waals surface area contributed by atoms with Crippen LogP contribution in [0.3, 0.4) is 0 Å². The summed E-state index contributed by atoms with van der Waals surface area (Å²) < 4.78 is 5.04. The molecule has 22 heavy (non-hydrogen) atoms. The highest BCUT2D eigenvalue weighted by molar-refractivity contribution is 6.25. The fraction of sp³-hybridized carbons (Fsp3) is 0.286. The number of nitrogens with zero attached hydrogens (tertiary/aromatic N) is 1. The maximum absolute atomic E-state index is 12.5. The van der Waals surface area contributed by atoms with Crippen LogP contribution in [0.25, 0.3) is 0 Å². The predicted octanol–water partition coefficient (Wildman–Crippen LogP) is -0.321. The SMILES string of the molecule is COc1ccc2c(c1N)C(=O)N(C1CCC(=O)NC1=O)C2=O. The lowest BCUT2D eigenvalue weighted by atomic mass is 10.0. The van der Waals surface area contributed by atoms with Crippen molar-refractivity contribution in [1.29, 1.82) is 0 Å². The average molecular weight is 303 g/mol. The Morgan fingerprint density at radius 1 is 1.23 bits per heavy atom. The van der Waals surface area contributed by atoms with E-state index in [2.05, 4.69) is 5.32 Å². The number of methoxy groups -OCH3 is 1. The number of amides is 4. The second-order valence-corrected chi connectivity index (χ2v) is 5.05. The van der Waals surface area contributed by atoms with E-state index in [-0.39, 0.29) is 35.4 Å². The smallest absolute Gasteiger partial charge is 0.264 e. The zero-order valence-electron chi connectivity index (χ0n) is 11.7. The number of rotatable bonds is 2. The molecule has 2 aliphatic rings. The van der Waals surface area contributed by atoms with Crippen LogP contribution in [0.2, 0.25) is 0 Å². The van der Waals surface area contributed by atoms with Crippen LogP contribution in [-0.4, -0.2) is 41.7 Å². The third kappa shape index (κ3) is 1.84. The van der Waals surface area contributed by atoms with Gasteiger partial charge in [-0.15, -0.1) is 0 Å². The lowest BCUT2D eigenvalue weighted by Gasteiger charge is -2.27. The highest BCUT2D eigenvalue weighted by Gasteiger charge is 2.45. The number of fused-ring (bicyclic) bond motifs is 1. The Morgan fingerprint density at radius 3 is 2.59 bits per heavy atom. The Morgan fingerprint density at radius 2 is 1.95 bits per heavy atom. The number of nitrogen functional groups attached to an aromatic ring is 1. The molecule has 0 saturated carbocycles. The molecule has 3 rings (SSSR count). The Labute approximate surface area is 125 Å². The second kappa shape index (κ2) is 4.83. The standard InChI is InChI=1S/C14H13N3O5/c1-22-8-4-2-6-10(11(8)15)14(21)17(13(6)20)7-3-5-9(18)16-12(7)19/h2,4,7H,3,5,15H2,1H3,(H,16,18,19). The number of nitrogens with one attached hydrogen (secondary N) is 1. The van der Waals surface area contributed by atoms with Gasteiger partial charge in [0, 0.05) is 6.42 Å². The number of anilines is 1. The monoisotopic (exact) mass is 303 g/mol. The Balaban J connectivity index is 2.02. The van der Waals surface area contributed by atoms with Crippen molar-refractivity contribution in [3.8, 4) is 5.75 Å². The summed E-state index contributed by atoms with van der Waals surface area (Å²) in [5.41, 5.74) is 6.10. The van der Waals surface area contributed by atoms with Crippen molar-refractivity contribution in [2.45, 2.75) is 18.9 Å². The van der Waals surface area contributed by atoms with Crippen molar-refractivity contribution in [2.75, 3.05) is 12.8 Å². The molecule has 1 saturated heterocycles. The van der Waals surface area contributed by atoms with E-state index in [0.717, 1.165) is 4.90 Å². The first-order chi connectivity index (χ1) is 10.5. The third-order valence-corrected chi connectivity index (χ3v) is 3.83. The molecular formula is C14H13N3O5. The van der Waals surface area contributed by atoms with Gasteiger partial charge in [-0.05, 0) is 18.6 Å². The van der Waals surface area contributed by atoms with Crippen molar-refractivity contribution in [3.63, 3.8) is 0 Å². The number of carbonyl (C=O) groups excluding carboxylic acids is 4. The van der Waals surface area contributed by atoms with E-state index in [0.29, 0.717) is 0 Å². The second-order valence-electron chi connectivity index (χ2n) is 5.05. The lowest BCUT2D eigenvalue weighted by molar-refractivity contribution is -0.136. The highest BCUT2D eigenvalue weighted by Crippen LogP contribution is 2.35. The maximum Gasteiger partial charge on any atom is 0.264 e. The number of hydrogen-bond donors (Lipinski definition) is 2. The van der Waals surface area contributed by atoms with Crippen LogP contribution in [0, 0.1) is 0 Å². The topological polar surface area (TPSA) is 119 Å². The van der Waals surface area contributed by atoms with Crippen molar-refractivity contribution >= 4 is 29.3 Å². The van der Waals surface area contributed by atoms with Crippen LogP contribution in [0.15, 0.2) is 12.1 Å². The molecule has 2 aliphatic heterocycles. The molecule has 8 nitrogen and oxygen atoms in total. The Bertz CT molecular complexity index is 727. The van der Waals surface area contributed by atoms with E-state index in [4.69, 9.17) is 10.5 Å². The molecule has 0 spiro atoms. The number of ether oxygens (including phenoxy) is 1. The van der Waals surface area contributed by atoms with Gasteiger partial charge in [-0.3, -0.25) is 29.4 Å². The van der Waals surface area contributed by atoms with E-state index in [1.54, 1.807) is 0 Å². The summed E-state index contributed by atoms with van der Waals surface area (Å²) in [6.07, 6.45) is 0.176. The van der Waals surface area contributed by atoms with E-state index in [9.17, 15) is 19.2 Å². The van der Waals surface area contributed by atoms with Gasteiger partial charge in [0.05, 0.1) is 23.9 Å². The van der Waals surface area contributed by atoms with Crippen LogP contribution in [-0.2, 0) is 9.59 Å². The van der Waals surface area contributed by atoms with Crippen LogP contribution in [0.5, 0.6) is 5.75 Å². The fourth-order valence-electron chi connectivity index (χ4n) is 2.74. The number of hydrogen-bond acceptors (Lipinski definition) is 6. The zero-order chi connectivity index (χ0) is 16.0. The summed E-state index contributed by atoms with van der Waals surface area (Å²) in [6.45, 7) is 0. The highest BCUT2D eigenvalue weighted by atomic mass is 16.5. The van der Waals surface area contributed by atoms with Crippen molar-refractivity contribution in [3.05, 3.63) is 23.3 Å². The van der Waals surface area contributed by atoms with Gasteiger partial charge in [-0.1, -0.05) is 0 Å². The molecule has 0 radical (unpaired) electrons. The minimum atomic E-state index is -1.00. The molecule has 0 bridgehead atoms.